The van der Waals surface area contributed by atoms with Gasteiger partial charge in [0.15, 0.2) is 0 Å². The van der Waals surface area contributed by atoms with Gasteiger partial charge in [0.05, 0.1) is 12.5 Å². The van der Waals surface area contributed by atoms with Crippen LogP contribution in [0, 0.1) is 3.57 Å². The summed E-state index contributed by atoms with van der Waals surface area (Å²) in [6.45, 7) is -0.113. The molecular formula is C21H23IN2O6. The molecular weight excluding hydrogens is 503 g/mol. The number of nitrogens with one attached hydrogen (secondary N) is 2. The van der Waals surface area contributed by atoms with E-state index >= 15 is 0 Å². The Kier molecular flexibility index (Phi) is 9.55. The standard InChI is InChI=1S/C21H23IN2O6/c22-16-8-6-14(7-9-16)10-18(20(27)28)24-19(26)11-17(25)12-23-21(29)30-13-15-4-2-1-3-5-15/h1-9,17-18,25H,10-13H2,(H,23,29)(H,24,26)(H,27,28)/t17-,18+/m1/s1. The van der Waals surface area contributed by atoms with E-state index in [0.717, 1.165) is 14.7 Å². The number of hydrogen-bond donors (Lipinski definition) is 4. The second-order valence-electron chi connectivity index (χ2n) is 6.59. The van der Waals surface area contributed by atoms with Crippen LogP contribution in [0.5, 0.6) is 0 Å². The Morgan fingerprint density at radius 1 is 1.00 bits per heavy atom. The number of halogens is 1. The highest BCUT2D eigenvalue weighted by atomic mass is 127. The van der Waals surface area contributed by atoms with Gasteiger partial charge in [0.25, 0.3) is 0 Å². The molecule has 0 radical (unpaired) electrons. The van der Waals surface area contributed by atoms with Crippen LogP contribution in [0.4, 0.5) is 4.79 Å². The van der Waals surface area contributed by atoms with E-state index in [2.05, 4.69) is 33.2 Å². The number of amides is 2. The van der Waals surface area contributed by atoms with Crippen LogP contribution in [0.15, 0.2) is 54.6 Å². The molecule has 2 aromatic carbocycles. The van der Waals surface area contributed by atoms with E-state index in [1.165, 1.54) is 0 Å². The molecule has 0 aromatic heterocycles. The number of aliphatic hydroxyl groups excluding tert-OH is 1. The topological polar surface area (TPSA) is 125 Å². The van der Waals surface area contributed by atoms with Gasteiger partial charge < -0.3 is 25.6 Å². The van der Waals surface area contributed by atoms with E-state index in [1.54, 1.807) is 12.1 Å². The molecule has 2 atom stereocenters. The second kappa shape index (κ2) is 12.1. The number of carbonyl (C=O) groups is 3. The van der Waals surface area contributed by atoms with Gasteiger partial charge in [-0.15, -0.1) is 0 Å². The van der Waals surface area contributed by atoms with Crippen LogP contribution in [-0.4, -0.2) is 46.9 Å². The lowest BCUT2D eigenvalue weighted by atomic mass is 10.1. The van der Waals surface area contributed by atoms with Crippen molar-refractivity contribution in [3.63, 3.8) is 0 Å². The zero-order chi connectivity index (χ0) is 21.9. The van der Waals surface area contributed by atoms with Crippen LogP contribution in [0.2, 0.25) is 0 Å². The van der Waals surface area contributed by atoms with Crippen molar-refractivity contribution < 1.29 is 29.3 Å². The number of benzene rings is 2. The number of carboxylic acid groups (broad SMARTS) is 1. The van der Waals surface area contributed by atoms with Gasteiger partial charge in [-0.25, -0.2) is 9.59 Å². The molecule has 2 rings (SSSR count). The first-order valence-corrected chi connectivity index (χ1v) is 10.3. The molecule has 0 heterocycles. The maximum atomic E-state index is 12.1. The van der Waals surface area contributed by atoms with Gasteiger partial charge in [-0.1, -0.05) is 42.5 Å². The Hall–Kier alpha value is -2.66. The quantitative estimate of drug-likeness (QED) is 0.352. The van der Waals surface area contributed by atoms with E-state index in [4.69, 9.17) is 4.74 Å². The predicted octanol–water partition coefficient (Wildman–Crippen LogP) is 2.08. The van der Waals surface area contributed by atoms with Crippen LogP contribution in [0.25, 0.3) is 0 Å². The van der Waals surface area contributed by atoms with Gasteiger partial charge >= 0.3 is 12.1 Å². The number of rotatable bonds is 10. The van der Waals surface area contributed by atoms with Crippen molar-refractivity contribution in [3.8, 4) is 0 Å². The molecule has 0 spiro atoms. The van der Waals surface area contributed by atoms with Crippen LogP contribution in [0.1, 0.15) is 17.5 Å². The fourth-order valence-corrected chi connectivity index (χ4v) is 2.93. The largest absolute Gasteiger partial charge is 0.480 e. The van der Waals surface area contributed by atoms with Crippen LogP contribution in [-0.2, 0) is 27.4 Å². The summed E-state index contributed by atoms with van der Waals surface area (Å²) in [5, 5.41) is 24.1. The molecule has 0 saturated heterocycles. The monoisotopic (exact) mass is 526 g/mol. The van der Waals surface area contributed by atoms with E-state index in [-0.39, 0.29) is 26.0 Å². The second-order valence-corrected chi connectivity index (χ2v) is 7.84. The van der Waals surface area contributed by atoms with Crippen molar-refractivity contribution >= 4 is 40.6 Å². The lowest BCUT2D eigenvalue weighted by Crippen LogP contribution is -2.44. The van der Waals surface area contributed by atoms with Crippen LogP contribution >= 0.6 is 22.6 Å². The molecule has 8 nitrogen and oxygen atoms in total. The SMILES string of the molecule is O=C(C[C@@H](O)CNC(=O)OCc1ccccc1)N[C@@H](Cc1ccc(I)cc1)C(=O)O. The first-order chi connectivity index (χ1) is 14.3. The van der Waals surface area contributed by atoms with Crippen molar-refractivity contribution in [2.45, 2.75) is 31.6 Å². The van der Waals surface area contributed by atoms with Crippen molar-refractivity contribution in [1.29, 1.82) is 0 Å². The number of aliphatic hydroxyl groups is 1. The lowest BCUT2D eigenvalue weighted by Gasteiger charge is -2.17. The molecule has 0 bridgehead atoms. The molecule has 0 fully saturated rings. The fourth-order valence-electron chi connectivity index (χ4n) is 2.57. The summed E-state index contributed by atoms with van der Waals surface area (Å²) < 4.78 is 6.03. The Bertz CT molecular complexity index is 844. The zero-order valence-corrected chi connectivity index (χ0v) is 18.2. The molecule has 2 amide bonds. The molecule has 2 aromatic rings. The minimum atomic E-state index is -1.18. The number of hydrogen-bond acceptors (Lipinski definition) is 5. The molecule has 30 heavy (non-hydrogen) atoms. The molecule has 0 aliphatic rings. The summed E-state index contributed by atoms with van der Waals surface area (Å²) in [6, 6.07) is 15.3. The third-order valence-corrected chi connectivity index (χ3v) is 4.82. The smallest absolute Gasteiger partial charge is 0.407 e. The molecule has 0 aliphatic heterocycles. The van der Waals surface area contributed by atoms with E-state index in [1.807, 2.05) is 42.5 Å². The fraction of sp³-hybridized carbons (Fsp3) is 0.286. The summed E-state index contributed by atoms with van der Waals surface area (Å²) in [4.78, 5) is 35.2. The van der Waals surface area contributed by atoms with Gasteiger partial charge in [0.2, 0.25) is 5.91 Å². The lowest BCUT2D eigenvalue weighted by molar-refractivity contribution is -0.142. The predicted molar refractivity (Wildman–Crippen MR) is 118 cm³/mol. The maximum absolute atomic E-state index is 12.1. The summed E-state index contributed by atoms with van der Waals surface area (Å²) in [7, 11) is 0. The van der Waals surface area contributed by atoms with Crippen molar-refractivity contribution in [3.05, 3.63) is 69.3 Å². The normalized spacial score (nSPS) is 12.5. The minimum Gasteiger partial charge on any atom is -0.480 e. The zero-order valence-electron chi connectivity index (χ0n) is 16.1. The van der Waals surface area contributed by atoms with Gasteiger partial charge in [-0.2, -0.15) is 0 Å². The van der Waals surface area contributed by atoms with Gasteiger partial charge in [0.1, 0.15) is 12.6 Å². The van der Waals surface area contributed by atoms with E-state index in [9.17, 15) is 24.6 Å². The number of ether oxygens (including phenoxy) is 1. The van der Waals surface area contributed by atoms with E-state index in [0.29, 0.717) is 0 Å². The van der Waals surface area contributed by atoms with Gasteiger partial charge in [0, 0.05) is 16.5 Å². The highest BCUT2D eigenvalue weighted by molar-refractivity contribution is 14.1. The number of carboxylic acids is 1. The average Bonchev–Trinajstić information content (AvgIpc) is 2.72. The molecule has 0 aliphatic carbocycles. The Morgan fingerprint density at radius 3 is 2.30 bits per heavy atom. The third-order valence-electron chi connectivity index (χ3n) is 4.10. The maximum Gasteiger partial charge on any atom is 0.407 e. The first kappa shape index (κ1) is 23.6. The Balaban J connectivity index is 1.73. The first-order valence-electron chi connectivity index (χ1n) is 9.22. The number of aliphatic carboxylic acids is 1. The molecule has 4 N–H and O–H groups in total. The molecule has 0 saturated carbocycles. The van der Waals surface area contributed by atoms with Crippen molar-refractivity contribution in [1.82, 2.24) is 10.6 Å². The Labute approximate surface area is 187 Å². The van der Waals surface area contributed by atoms with Crippen molar-refractivity contribution in [2.24, 2.45) is 0 Å². The van der Waals surface area contributed by atoms with Crippen LogP contribution < -0.4 is 10.6 Å². The Morgan fingerprint density at radius 2 is 1.67 bits per heavy atom. The van der Waals surface area contributed by atoms with Crippen LogP contribution in [0.3, 0.4) is 0 Å². The van der Waals surface area contributed by atoms with Gasteiger partial charge in [-0.3, -0.25) is 4.79 Å². The summed E-state index contributed by atoms with van der Waals surface area (Å²) in [6.07, 6.45) is -2.13. The molecule has 160 valence electrons. The molecule has 9 heteroatoms. The summed E-state index contributed by atoms with van der Waals surface area (Å²) in [5.41, 5.74) is 1.59. The third kappa shape index (κ3) is 8.78. The van der Waals surface area contributed by atoms with Crippen molar-refractivity contribution in [2.75, 3.05) is 6.54 Å². The van der Waals surface area contributed by atoms with Gasteiger partial charge in [-0.05, 0) is 45.9 Å². The highest BCUT2D eigenvalue weighted by Crippen LogP contribution is 2.09. The number of carbonyl (C=O) groups excluding carboxylic acids is 2. The minimum absolute atomic E-state index is 0.0854. The summed E-state index contributed by atoms with van der Waals surface area (Å²) >= 11 is 2.14. The summed E-state index contributed by atoms with van der Waals surface area (Å²) in [5.74, 6) is -1.79. The highest BCUT2D eigenvalue weighted by Gasteiger charge is 2.22. The number of alkyl carbamates (subject to hydrolysis) is 1. The van der Waals surface area contributed by atoms with E-state index < -0.39 is 30.1 Å². The molecule has 0 unspecified atom stereocenters. The average molecular weight is 526 g/mol.